The minimum absolute atomic E-state index is 0.0493. The smallest absolute Gasteiger partial charge is 0.329 e. The molecule has 15 nitrogen and oxygen atoms in total. The number of amides is 3. The zero-order valence-corrected chi connectivity index (χ0v) is 40.4. The van der Waals surface area contributed by atoms with Crippen LogP contribution in [-0.4, -0.2) is 124 Å². The number of aryl methyl sites for hydroxylation is 2. The molecule has 0 radical (unpaired) electrons. The quantitative estimate of drug-likeness (QED) is 0.121. The first kappa shape index (κ1) is 46.0. The highest BCUT2D eigenvalue weighted by atomic mass is 19.1. The molecule has 372 valence electrons. The Morgan fingerprint density at radius 1 is 0.901 bits per heavy atom. The van der Waals surface area contributed by atoms with Crippen LogP contribution in [0.3, 0.4) is 0 Å². The summed E-state index contributed by atoms with van der Waals surface area (Å²) >= 11 is 0. The zero-order valence-electron chi connectivity index (χ0n) is 40.4. The molecule has 5 aliphatic heterocycles. The van der Waals surface area contributed by atoms with Gasteiger partial charge in [-0.25, -0.2) is 18.0 Å². The highest BCUT2D eigenvalue weighted by Crippen LogP contribution is 2.48. The fraction of sp³-hybridized carbons (Fsp3) is 0.509. The van der Waals surface area contributed by atoms with Gasteiger partial charge in [-0.1, -0.05) is 13.0 Å². The second-order valence-electron chi connectivity index (χ2n) is 21.1. The van der Waals surface area contributed by atoms with Crippen molar-refractivity contribution in [3.05, 3.63) is 71.2 Å². The third kappa shape index (κ3) is 8.38. The Morgan fingerprint density at radius 2 is 1.70 bits per heavy atom. The Balaban J connectivity index is 0.720. The third-order valence-electron chi connectivity index (χ3n) is 16.6. The zero-order chi connectivity index (χ0) is 48.8. The molecule has 1 saturated carbocycles. The van der Waals surface area contributed by atoms with Crippen LogP contribution in [-0.2, 0) is 23.0 Å². The fourth-order valence-corrected chi connectivity index (χ4v) is 12.4. The van der Waals surface area contributed by atoms with E-state index in [2.05, 4.69) is 25.1 Å². The van der Waals surface area contributed by atoms with E-state index >= 15 is 13.2 Å². The number of pyridine rings is 1. The number of urea groups is 1. The number of ether oxygens (including phenoxy) is 2. The molecule has 0 unspecified atom stereocenters. The molecule has 5 saturated heterocycles. The number of aromatic nitrogens is 5. The topological polar surface area (TPSA) is 160 Å². The van der Waals surface area contributed by atoms with E-state index in [0.29, 0.717) is 81.2 Å². The molecule has 6 aliphatic rings. The molecule has 6 fully saturated rings. The number of hydrogen-bond donors (Lipinski definition) is 2. The number of likely N-dealkylation sites (tertiary alicyclic amines) is 2. The lowest BCUT2D eigenvalue weighted by Gasteiger charge is -2.48. The van der Waals surface area contributed by atoms with Crippen LogP contribution >= 0.6 is 0 Å². The molecule has 6 aromatic rings. The van der Waals surface area contributed by atoms with Crippen LogP contribution in [0.25, 0.3) is 43.8 Å². The number of anilines is 3. The van der Waals surface area contributed by atoms with Crippen LogP contribution in [0.1, 0.15) is 88.2 Å². The third-order valence-corrected chi connectivity index (χ3v) is 16.6. The second-order valence-corrected chi connectivity index (χ2v) is 21.1. The molecule has 1 aliphatic carbocycles. The monoisotopic (exact) mass is 971 g/mol. The van der Waals surface area contributed by atoms with E-state index < -0.39 is 11.8 Å². The van der Waals surface area contributed by atoms with Crippen LogP contribution in [0.5, 0.6) is 6.01 Å². The number of nitrogens with one attached hydrogen (secondary N) is 1. The van der Waals surface area contributed by atoms with Gasteiger partial charge in [-0.05, 0) is 142 Å². The van der Waals surface area contributed by atoms with Gasteiger partial charge in [0.1, 0.15) is 28.7 Å². The van der Waals surface area contributed by atoms with Crippen molar-refractivity contribution in [2.75, 3.05) is 81.1 Å². The Labute approximate surface area is 409 Å². The van der Waals surface area contributed by atoms with Gasteiger partial charge in [-0.15, -0.1) is 0 Å². The number of nitrogens with zero attached hydrogens (tertiary/aromatic N) is 9. The molecule has 1 spiro atoms. The van der Waals surface area contributed by atoms with Crippen molar-refractivity contribution in [3.63, 3.8) is 0 Å². The van der Waals surface area contributed by atoms with Gasteiger partial charge >= 0.3 is 12.0 Å². The van der Waals surface area contributed by atoms with E-state index in [1.54, 1.807) is 36.1 Å². The Hall–Kier alpha value is -6.11. The van der Waals surface area contributed by atoms with E-state index in [9.17, 15) is 9.59 Å². The maximum Gasteiger partial charge on any atom is 0.329 e. The van der Waals surface area contributed by atoms with Crippen molar-refractivity contribution in [2.45, 2.75) is 95.1 Å². The SMILES string of the molecule is CCc1c(F)ccc2cc(N)cc(-c3ncc4c(N5CCC[C@]6(CCO6)C5)nc(OCC5(CN6CCC(N7CCC(c8cc9c(cc8F)c(N8CCC(=O)NC8=O)nn9C)CC7)CC6)CC5)nc4c3F)c12. The molecule has 3 N–H and O–H groups in total. The molecule has 3 aromatic carbocycles. The lowest BCUT2D eigenvalue weighted by molar-refractivity contribution is -0.151. The van der Waals surface area contributed by atoms with Gasteiger partial charge in [0, 0.05) is 80.4 Å². The average molecular weight is 972 g/mol. The minimum atomic E-state index is -0.631. The van der Waals surface area contributed by atoms with E-state index in [4.69, 9.17) is 30.2 Å². The number of piperidine rings is 3. The summed E-state index contributed by atoms with van der Waals surface area (Å²) in [6.45, 7) is 9.22. The van der Waals surface area contributed by atoms with Gasteiger partial charge in [-0.2, -0.15) is 15.1 Å². The number of halogens is 3. The van der Waals surface area contributed by atoms with Gasteiger partial charge in [0.15, 0.2) is 11.6 Å². The first-order chi connectivity index (χ1) is 34.4. The van der Waals surface area contributed by atoms with E-state index in [-0.39, 0.29) is 64.7 Å². The minimum Gasteiger partial charge on any atom is -0.463 e. The van der Waals surface area contributed by atoms with E-state index in [0.717, 1.165) is 109 Å². The Kier molecular flexibility index (Phi) is 11.6. The highest BCUT2D eigenvalue weighted by Gasteiger charge is 2.46. The first-order valence-corrected chi connectivity index (χ1v) is 25.5. The number of imide groups is 1. The number of carbonyl (C=O) groups excluding carboxylic acids is 2. The van der Waals surface area contributed by atoms with Crippen molar-refractivity contribution < 1.29 is 32.2 Å². The normalized spacial score (nSPS) is 22.5. The number of benzene rings is 3. The summed E-state index contributed by atoms with van der Waals surface area (Å²) in [5.41, 5.74) is 8.98. The molecule has 3 amide bonds. The van der Waals surface area contributed by atoms with Crippen LogP contribution < -0.4 is 25.6 Å². The molecular formula is C53H60F3N11O4. The number of nitrogen functional groups attached to an aromatic ring is 1. The number of hydrogen-bond acceptors (Lipinski definition) is 12. The molecule has 3 aromatic heterocycles. The van der Waals surface area contributed by atoms with Crippen molar-refractivity contribution in [2.24, 2.45) is 12.5 Å². The van der Waals surface area contributed by atoms with Gasteiger partial charge in [0.25, 0.3) is 0 Å². The fourth-order valence-electron chi connectivity index (χ4n) is 12.4. The van der Waals surface area contributed by atoms with Crippen molar-refractivity contribution in [3.8, 4) is 17.3 Å². The summed E-state index contributed by atoms with van der Waals surface area (Å²) in [7, 11) is 1.80. The van der Waals surface area contributed by atoms with Crippen LogP contribution in [0.4, 0.5) is 35.3 Å². The molecule has 18 heteroatoms. The molecule has 12 rings (SSSR count). The number of carbonyl (C=O) groups is 2. The number of nitrogens with two attached hydrogens (primary N) is 1. The Bertz CT molecular complexity index is 3110. The molecule has 71 heavy (non-hydrogen) atoms. The van der Waals surface area contributed by atoms with Crippen molar-refractivity contribution in [1.29, 1.82) is 0 Å². The molecule has 0 bridgehead atoms. The predicted octanol–water partition coefficient (Wildman–Crippen LogP) is 8.00. The average Bonchev–Trinajstić information content (AvgIpc) is 4.06. The van der Waals surface area contributed by atoms with E-state index in [1.165, 1.54) is 17.0 Å². The van der Waals surface area contributed by atoms with Crippen LogP contribution in [0.2, 0.25) is 0 Å². The summed E-state index contributed by atoms with van der Waals surface area (Å²) in [4.78, 5) is 47.5. The van der Waals surface area contributed by atoms with Crippen LogP contribution in [0.15, 0.2) is 42.6 Å². The van der Waals surface area contributed by atoms with Gasteiger partial charge < -0.3 is 29.9 Å². The van der Waals surface area contributed by atoms with Crippen molar-refractivity contribution in [1.82, 2.24) is 39.8 Å². The largest absolute Gasteiger partial charge is 0.463 e. The summed E-state index contributed by atoms with van der Waals surface area (Å²) < 4.78 is 62.8. The van der Waals surface area contributed by atoms with E-state index in [1.807, 2.05) is 13.0 Å². The molecular weight excluding hydrogens is 912 g/mol. The summed E-state index contributed by atoms with van der Waals surface area (Å²) in [6, 6.07) is 9.98. The lowest BCUT2D eigenvalue weighted by Crippen LogP contribution is -2.56. The summed E-state index contributed by atoms with van der Waals surface area (Å²) in [5, 5.41) is 9.23. The predicted molar refractivity (Wildman–Crippen MR) is 265 cm³/mol. The Morgan fingerprint density at radius 3 is 2.44 bits per heavy atom. The summed E-state index contributed by atoms with van der Waals surface area (Å²) in [6.07, 6.45) is 10.9. The standard InChI is InChI=1S/C53H60F3N11O4/c1-3-35-40(54)6-5-32-23-33(57)24-38(44(32)35)46-45(56)47-39(27-58-46)48(66-16-4-12-53(29-66)15-22-71-53)61-50(60-47)70-30-52(13-14-52)28-64-17-9-34(10-18-64)65-19-7-31(8-20-65)36-26-42-37(25-41(36)55)49(62-63(42)2)67-21-11-43(68)59-51(67)69/h5-6,23-27,31,34H,3-4,7-22,28-30,57H2,1-2H3,(H,59,68,69)/t53-/m0/s1. The number of fused-ring (bicyclic) bond motifs is 3. The second kappa shape index (κ2) is 17.9. The van der Waals surface area contributed by atoms with Gasteiger partial charge in [-0.3, -0.25) is 24.7 Å². The molecule has 1 atom stereocenters. The number of rotatable bonds is 11. The van der Waals surface area contributed by atoms with Gasteiger partial charge in [0.2, 0.25) is 5.91 Å². The highest BCUT2D eigenvalue weighted by molar-refractivity contribution is 6.09. The lowest BCUT2D eigenvalue weighted by atomic mass is 9.86. The summed E-state index contributed by atoms with van der Waals surface area (Å²) in [5.74, 6) is -0.599. The van der Waals surface area contributed by atoms with Gasteiger partial charge in [0.05, 0.1) is 29.7 Å². The maximum absolute atomic E-state index is 17.3. The van der Waals surface area contributed by atoms with Crippen LogP contribution in [0, 0.1) is 22.9 Å². The first-order valence-electron chi connectivity index (χ1n) is 25.5. The van der Waals surface area contributed by atoms with Crippen molar-refractivity contribution >= 4 is 61.8 Å². The maximum atomic E-state index is 17.3. The molecule has 8 heterocycles.